The molecule has 162 valence electrons. The van der Waals surface area contributed by atoms with E-state index in [1.54, 1.807) is 0 Å². The fraction of sp³-hybridized carbons (Fsp3) is 0.944. The molecule has 4 N–H and O–H groups in total. The molecule has 2 rings (SSSR count). The molecule has 2 aliphatic carbocycles. The van der Waals surface area contributed by atoms with Crippen LogP contribution in [0.15, 0.2) is 0 Å². The van der Waals surface area contributed by atoms with Crippen LogP contribution in [0.3, 0.4) is 0 Å². The third-order valence-electron chi connectivity index (χ3n) is 6.52. The van der Waals surface area contributed by atoms with Crippen molar-refractivity contribution in [1.82, 2.24) is 5.32 Å². The molecule has 0 bridgehead atoms. The lowest BCUT2D eigenvalue weighted by atomic mass is 9.63. The van der Waals surface area contributed by atoms with Crippen LogP contribution >= 0.6 is 0 Å². The summed E-state index contributed by atoms with van der Waals surface area (Å²) < 4.78 is 36.8. The minimum Gasteiger partial charge on any atom is -0.427 e. The number of carbonyl (C=O) groups is 1. The molecule has 0 aliphatic heterocycles. The lowest BCUT2D eigenvalue weighted by Gasteiger charge is -2.34. The van der Waals surface area contributed by atoms with E-state index in [2.05, 4.69) is 5.32 Å². The number of hydrogen-bond acceptors (Lipinski definition) is 6. The van der Waals surface area contributed by atoms with E-state index in [1.165, 1.54) is 6.26 Å². The first-order valence-electron chi connectivity index (χ1n) is 10.2. The highest BCUT2D eigenvalue weighted by Gasteiger charge is 2.35. The molecule has 0 heterocycles. The molecule has 0 aromatic carbocycles. The smallest absolute Gasteiger partial charge is 0.427 e. The first kappa shape index (κ1) is 23.6. The van der Waals surface area contributed by atoms with Crippen LogP contribution in [-0.2, 0) is 14.6 Å². The average molecular weight is 421 g/mol. The van der Waals surface area contributed by atoms with Crippen molar-refractivity contribution in [3.8, 4) is 0 Å². The normalized spacial score (nSPS) is 31.0. The summed E-state index contributed by atoms with van der Waals surface area (Å²) >= 11 is 0. The van der Waals surface area contributed by atoms with E-state index < -0.39 is 41.0 Å². The molecule has 0 aromatic heterocycles. The van der Waals surface area contributed by atoms with Crippen LogP contribution in [0.2, 0.25) is 5.82 Å². The number of carbonyl (C=O) groups excluding carboxylic acids is 1. The van der Waals surface area contributed by atoms with Crippen LogP contribution in [0.5, 0.6) is 0 Å². The summed E-state index contributed by atoms with van der Waals surface area (Å²) in [6, 6.07) is -0.983. The van der Waals surface area contributed by atoms with Gasteiger partial charge in [0, 0.05) is 12.7 Å². The molecule has 0 radical (unpaired) electrons. The molecular formula is C18H33BFNO6S. The van der Waals surface area contributed by atoms with Crippen molar-refractivity contribution >= 4 is 22.9 Å². The van der Waals surface area contributed by atoms with E-state index in [4.69, 9.17) is 0 Å². The summed E-state index contributed by atoms with van der Waals surface area (Å²) in [6.07, 6.45) is 5.05. The highest BCUT2D eigenvalue weighted by molar-refractivity contribution is 7.91. The van der Waals surface area contributed by atoms with Crippen molar-refractivity contribution in [2.75, 3.05) is 12.9 Å². The molecule has 0 aromatic rings. The van der Waals surface area contributed by atoms with E-state index in [1.807, 2.05) is 0 Å². The van der Waals surface area contributed by atoms with Crippen molar-refractivity contribution in [2.45, 2.75) is 81.0 Å². The van der Waals surface area contributed by atoms with Crippen LogP contribution in [0.4, 0.5) is 4.39 Å². The standard InChI is InChI=1S/C18H33BFNO6S/c1-28(26,27)15-8-4-13(5-9-15)18(23)16(11-20)21-17(22)10-12-2-6-14(7-3-12)19(24)25/h12-16,18,23-25H,2-11H2,1H3,(H,21,22)/t12?,13?,14?,15?,16?,18-/m0/s1. The van der Waals surface area contributed by atoms with Crippen LogP contribution in [-0.4, -0.2) is 66.9 Å². The highest BCUT2D eigenvalue weighted by atomic mass is 32.2. The van der Waals surface area contributed by atoms with Gasteiger partial charge in [0.15, 0.2) is 0 Å². The van der Waals surface area contributed by atoms with Gasteiger partial charge in [-0.2, -0.15) is 0 Å². The molecule has 7 nitrogen and oxygen atoms in total. The third-order valence-corrected chi connectivity index (χ3v) is 8.20. The van der Waals surface area contributed by atoms with Gasteiger partial charge < -0.3 is 20.5 Å². The zero-order valence-electron chi connectivity index (χ0n) is 16.5. The summed E-state index contributed by atoms with van der Waals surface area (Å²) in [5, 5.41) is 31.1. The Morgan fingerprint density at radius 1 is 1.11 bits per heavy atom. The average Bonchev–Trinajstić information content (AvgIpc) is 2.65. The van der Waals surface area contributed by atoms with Crippen LogP contribution in [0, 0.1) is 11.8 Å². The summed E-state index contributed by atoms with van der Waals surface area (Å²) in [7, 11) is -4.42. The van der Waals surface area contributed by atoms with Crippen LogP contribution < -0.4 is 5.32 Å². The van der Waals surface area contributed by atoms with Crippen LogP contribution in [0.1, 0.15) is 57.8 Å². The minimum absolute atomic E-state index is 0.123. The van der Waals surface area contributed by atoms with Gasteiger partial charge in [0.1, 0.15) is 16.5 Å². The molecule has 1 unspecified atom stereocenters. The van der Waals surface area contributed by atoms with Gasteiger partial charge >= 0.3 is 7.12 Å². The molecule has 2 atom stereocenters. The second-order valence-corrected chi connectivity index (χ2v) is 10.9. The lowest BCUT2D eigenvalue weighted by molar-refractivity contribution is -0.124. The summed E-state index contributed by atoms with van der Waals surface area (Å²) in [5.41, 5.74) is 0. The van der Waals surface area contributed by atoms with Gasteiger partial charge in [-0.25, -0.2) is 12.8 Å². The quantitative estimate of drug-likeness (QED) is 0.431. The van der Waals surface area contributed by atoms with Crippen molar-refractivity contribution in [2.24, 2.45) is 11.8 Å². The number of halogens is 1. The van der Waals surface area contributed by atoms with E-state index in [-0.39, 0.29) is 30.0 Å². The van der Waals surface area contributed by atoms with Gasteiger partial charge in [0.25, 0.3) is 0 Å². The maximum absolute atomic E-state index is 13.5. The number of amides is 1. The van der Waals surface area contributed by atoms with Gasteiger partial charge in [-0.3, -0.25) is 4.79 Å². The molecule has 2 aliphatic rings. The number of alkyl halides is 1. The maximum atomic E-state index is 13.5. The SMILES string of the molecule is CS(=O)(=O)C1CCC([C@H](O)C(CF)NC(=O)CC2CCC(B(O)O)CC2)CC1. The second-order valence-electron chi connectivity index (χ2n) is 8.58. The van der Waals surface area contributed by atoms with Gasteiger partial charge in [0.2, 0.25) is 5.91 Å². The topological polar surface area (TPSA) is 124 Å². The summed E-state index contributed by atoms with van der Waals surface area (Å²) in [4.78, 5) is 12.3. The predicted octanol–water partition coefficient (Wildman–Crippen LogP) is 0.828. The molecule has 0 saturated heterocycles. The molecule has 2 saturated carbocycles. The molecule has 28 heavy (non-hydrogen) atoms. The monoisotopic (exact) mass is 421 g/mol. The van der Waals surface area contributed by atoms with Gasteiger partial charge in [0.05, 0.1) is 17.4 Å². The fourth-order valence-corrected chi connectivity index (χ4v) is 5.75. The maximum Gasteiger partial charge on any atom is 0.454 e. The van der Waals surface area contributed by atoms with E-state index in [0.717, 1.165) is 0 Å². The van der Waals surface area contributed by atoms with Gasteiger partial charge in [-0.1, -0.05) is 25.7 Å². The number of nitrogens with one attached hydrogen (secondary N) is 1. The predicted molar refractivity (Wildman–Crippen MR) is 105 cm³/mol. The van der Waals surface area contributed by atoms with Crippen molar-refractivity contribution in [1.29, 1.82) is 0 Å². The molecular weight excluding hydrogens is 388 g/mol. The summed E-state index contributed by atoms with van der Waals surface area (Å²) in [6.45, 7) is -0.873. The second kappa shape index (κ2) is 10.4. The van der Waals surface area contributed by atoms with E-state index in [9.17, 15) is 32.8 Å². The molecule has 2 fully saturated rings. The van der Waals surface area contributed by atoms with Gasteiger partial charge in [-0.15, -0.1) is 0 Å². The third kappa shape index (κ3) is 6.67. The number of rotatable bonds is 8. The molecule has 10 heteroatoms. The Morgan fingerprint density at radius 2 is 1.68 bits per heavy atom. The zero-order valence-corrected chi connectivity index (χ0v) is 17.3. The number of aliphatic hydroxyl groups is 1. The zero-order chi connectivity index (χ0) is 20.9. The summed E-state index contributed by atoms with van der Waals surface area (Å²) in [5.74, 6) is -0.556. The number of sulfone groups is 1. The van der Waals surface area contributed by atoms with Gasteiger partial charge in [-0.05, 0) is 43.3 Å². The molecule has 1 amide bonds. The fourth-order valence-electron chi connectivity index (χ4n) is 4.62. The van der Waals surface area contributed by atoms with E-state index in [0.29, 0.717) is 51.4 Å². The molecule has 0 spiro atoms. The first-order valence-corrected chi connectivity index (χ1v) is 12.2. The Kier molecular flexibility index (Phi) is 8.72. The Morgan fingerprint density at radius 3 is 2.14 bits per heavy atom. The van der Waals surface area contributed by atoms with Crippen molar-refractivity contribution in [3.05, 3.63) is 0 Å². The van der Waals surface area contributed by atoms with Crippen molar-refractivity contribution < 1.29 is 32.8 Å². The van der Waals surface area contributed by atoms with Crippen LogP contribution in [0.25, 0.3) is 0 Å². The first-order chi connectivity index (χ1) is 13.1. The largest absolute Gasteiger partial charge is 0.454 e. The Bertz CT molecular complexity index is 603. The minimum atomic E-state index is -3.10. The Balaban J connectivity index is 1.79. The Labute approximate surface area is 167 Å². The highest BCUT2D eigenvalue weighted by Crippen LogP contribution is 2.35. The van der Waals surface area contributed by atoms with Crippen molar-refractivity contribution in [3.63, 3.8) is 0 Å². The number of hydrogen-bond donors (Lipinski definition) is 4. The number of aliphatic hydroxyl groups excluding tert-OH is 1. The lowest BCUT2D eigenvalue weighted by Crippen LogP contribution is -2.49. The van der Waals surface area contributed by atoms with E-state index >= 15 is 0 Å². The Hall–Kier alpha value is -0.705.